The molecular weight excluding hydrogens is 380 g/mol. The number of amides is 1. The number of hydrogen-bond acceptors (Lipinski definition) is 7. The van der Waals surface area contributed by atoms with Crippen molar-refractivity contribution in [2.24, 2.45) is 5.10 Å². The van der Waals surface area contributed by atoms with Crippen LogP contribution in [0.4, 0.5) is 0 Å². The summed E-state index contributed by atoms with van der Waals surface area (Å²) < 4.78 is 16.0. The SMILES string of the molecule is Cc1cc(C(=O)OCC(=O)N2N=C(c3cccs3)CC2c2ccco2)c(C)o1. The van der Waals surface area contributed by atoms with E-state index < -0.39 is 18.5 Å². The highest BCUT2D eigenvalue weighted by Gasteiger charge is 2.35. The van der Waals surface area contributed by atoms with E-state index in [0.29, 0.717) is 29.3 Å². The molecule has 3 aromatic rings. The van der Waals surface area contributed by atoms with E-state index in [4.69, 9.17) is 13.6 Å². The Hall–Kier alpha value is -3.13. The summed E-state index contributed by atoms with van der Waals surface area (Å²) in [6.45, 7) is 3.01. The summed E-state index contributed by atoms with van der Waals surface area (Å²) >= 11 is 1.56. The molecule has 0 aliphatic carbocycles. The molecule has 1 unspecified atom stereocenters. The molecule has 0 N–H and O–H groups in total. The largest absolute Gasteiger partial charge is 0.467 e. The number of esters is 1. The molecule has 8 heteroatoms. The predicted octanol–water partition coefficient (Wildman–Crippen LogP) is 4.09. The summed E-state index contributed by atoms with van der Waals surface area (Å²) in [5, 5.41) is 7.78. The van der Waals surface area contributed by atoms with Crippen molar-refractivity contribution in [2.45, 2.75) is 26.3 Å². The van der Waals surface area contributed by atoms with Gasteiger partial charge in [0.15, 0.2) is 6.61 Å². The number of aryl methyl sites for hydroxylation is 2. The minimum absolute atomic E-state index is 0.317. The number of carbonyl (C=O) groups excluding carboxylic acids is 2. The van der Waals surface area contributed by atoms with Crippen molar-refractivity contribution in [3.63, 3.8) is 0 Å². The molecule has 1 aliphatic heterocycles. The number of hydrogen-bond donors (Lipinski definition) is 0. The second-order valence-electron chi connectivity index (χ2n) is 6.40. The third kappa shape index (κ3) is 3.50. The Morgan fingerprint density at radius 3 is 2.82 bits per heavy atom. The van der Waals surface area contributed by atoms with Gasteiger partial charge >= 0.3 is 5.97 Å². The molecule has 0 bridgehead atoms. The highest BCUT2D eigenvalue weighted by molar-refractivity contribution is 7.12. The van der Waals surface area contributed by atoms with Crippen LogP contribution in [0.3, 0.4) is 0 Å². The van der Waals surface area contributed by atoms with Crippen LogP contribution in [-0.4, -0.2) is 29.2 Å². The summed E-state index contributed by atoms with van der Waals surface area (Å²) in [6, 6.07) is 8.70. The second-order valence-corrected chi connectivity index (χ2v) is 7.35. The highest BCUT2D eigenvalue weighted by atomic mass is 32.1. The first-order valence-electron chi connectivity index (χ1n) is 8.74. The molecule has 3 aromatic heterocycles. The van der Waals surface area contributed by atoms with Crippen LogP contribution in [0.2, 0.25) is 0 Å². The molecule has 7 nitrogen and oxygen atoms in total. The Morgan fingerprint density at radius 1 is 1.32 bits per heavy atom. The van der Waals surface area contributed by atoms with Crippen molar-refractivity contribution in [3.8, 4) is 0 Å². The van der Waals surface area contributed by atoms with Crippen LogP contribution in [0, 0.1) is 13.8 Å². The van der Waals surface area contributed by atoms with Crippen LogP contribution < -0.4 is 0 Å². The fraction of sp³-hybridized carbons (Fsp3) is 0.250. The Bertz CT molecular complexity index is 1020. The van der Waals surface area contributed by atoms with Crippen LogP contribution >= 0.6 is 11.3 Å². The number of thiophene rings is 1. The molecule has 144 valence electrons. The van der Waals surface area contributed by atoms with Gasteiger partial charge in [-0.2, -0.15) is 5.10 Å². The lowest BCUT2D eigenvalue weighted by Gasteiger charge is -2.19. The zero-order chi connectivity index (χ0) is 19.7. The van der Waals surface area contributed by atoms with E-state index in [-0.39, 0.29) is 6.04 Å². The monoisotopic (exact) mass is 398 g/mol. The van der Waals surface area contributed by atoms with E-state index in [0.717, 1.165) is 10.6 Å². The minimum atomic E-state index is -0.598. The topological polar surface area (TPSA) is 85.3 Å². The van der Waals surface area contributed by atoms with Gasteiger partial charge in [0.25, 0.3) is 5.91 Å². The van der Waals surface area contributed by atoms with E-state index in [1.165, 1.54) is 5.01 Å². The summed E-state index contributed by atoms with van der Waals surface area (Å²) in [7, 11) is 0. The van der Waals surface area contributed by atoms with Gasteiger partial charge in [-0.05, 0) is 43.5 Å². The van der Waals surface area contributed by atoms with Gasteiger partial charge in [-0.1, -0.05) is 6.07 Å². The van der Waals surface area contributed by atoms with Crippen LogP contribution in [0.15, 0.2) is 55.9 Å². The van der Waals surface area contributed by atoms with E-state index in [1.54, 1.807) is 49.6 Å². The molecule has 0 saturated carbocycles. The van der Waals surface area contributed by atoms with Crippen molar-refractivity contribution < 1.29 is 23.2 Å². The van der Waals surface area contributed by atoms with Crippen molar-refractivity contribution in [1.82, 2.24) is 5.01 Å². The number of nitrogens with zero attached hydrogens (tertiary/aromatic N) is 2. The summed E-state index contributed by atoms with van der Waals surface area (Å²) in [4.78, 5) is 26.0. The molecule has 28 heavy (non-hydrogen) atoms. The number of carbonyl (C=O) groups is 2. The lowest BCUT2D eigenvalue weighted by Crippen LogP contribution is -2.31. The fourth-order valence-corrected chi connectivity index (χ4v) is 3.86. The molecular formula is C20H18N2O5S. The highest BCUT2D eigenvalue weighted by Crippen LogP contribution is 2.34. The van der Waals surface area contributed by atoms with Gasteiger partial charge in [0.05, 0.1) is 16.9 Å². The summed E-state index contributed by atoms with van der Waals surface area (Å²) in [5.41, 5.74) is 1.12. The van der Waals surface area contributed by atoms with Crippen molar-refractivity contribution in [2.75, 3.05) is 6.61 Å². The second kappa shape index (κ2) is 7.47. The third-order valence-electron chi connectivity index (χ3n) is 4.43. The van der Waals surface area contributed by atoms with Crippen molar-refractivity contribution >= 4 is 28.9 Å². The zero-order valence-corrected chi connectivity index (χ0v) is 16.2. The van der Waals surface area contributed by atoms with Gasteiger partial charge < -0.3 is 13.6 Å². The number of furan rings is 2. The minimum Gasteiger partial charge on any atom is -0.467 e. The average Bonchev–Trinajstić information content (AvgIpc) is 3.44. The van der Waals surface area contributed by atoms with Crippen molar-refractivity contribution in [1.29, 1.82) is 0 Å². The molecule has 0 radical (unpaired) electrons. The predicted molar refractivity (Wildman–Crippen MR) is 102 cm³/mol. The van der Waals surface area contributed by atoms with E-state index in [9.17, 15) is 9.59 Å². The first kappa shape index (κ1) is 18.2. The smallest absolute Gasteiger partial charge is 0.342 e. The van der Waals surface area contributed by atoms with Gasteiger partial charge in [-0.25, -0.2) is 9.80 Å². The Balaban J connectivity index is 1.50. The standard InChI is InChI=1S/C20H18N2O5S/c1-12-9-14(13(2)27-12)20(24)26-11-19(23)22-16(17-5-3-7-25-17)10-15(21-22)18-6-4-8-28-18/h3-9,16H,10-11H2,1-2H3. The lowest BCUT2D eigenvalue weighted by molar-refractivity contribution is -0.136. The quantitative estimate of drug-likeness (QED) is 0.605. The average molecular weight is 398 g/mol. The van der Waals surface area contributed by atoms with Gasteiger partial charge in [-0.3, -0.25) is 4.79 Å². The molecule has 4 rings (SSSR count). The molecule has 1 aliphatic rings. The number of rotatable bonds is 5. The molecule has 0 saturated heterocycles. The molecule has 1 amide bonds. The zero-order valence-electron chi connectivity index (χ0n) is 15.4. The number of ether oxygens (including phenoxy) is 1. The van der Waals surface area contributed by atoms with Crippen LogP contribution in [0.5, 0.6) is 0 Å². The van der Waals surface area contributed by atoms with Gasteiger partial charge in [-0.15, -0.1) is 11.3 Å². The Labute approximate surface area is 165 Å². The first-order valence-corrected chi connectivity index (χ1v) is 9.62. The van der Waals surface area contributed by atoms with Crippen molar-refractivity contribution in [3.05, 3.63) is 69.7 Å². The maximum Gasteiger partial charge on any atom is 0.342 e. The Morgan fingerprint density at radius 2 is 2.18 bits per heavy atom. The first-order chi connectivity index (χ1) is 13.5. The normalized spacial score (nSPS) is 16.3. The van der Waals surface area contributed by atoms with E-state index in [1.807, 2.05) is 17.5 Å². The Kier molecular flexibility index (Phi) is 4.87. The maximum absolute atomic E-state index is 12.8. The van der Waals surface area contributed by atoms with Crippen LogP contribution in [-0.2, 0) is 9.53 Å². The maximum atomic E-state index is 12.8. The van der Waals surface area contributed by atoms with Gasteiger partial charge in [0.2, 0.25) is 0 Å². The van der Waals surface area contributed by atoms with Gasteiger partial charge in [0, 0.05) is 6.42 Å². The molecule has 4 heterocycles. The van der Waals surface area contributed by atoms with Gasteiger partial charge in [0.1, 0.15) is 28.9 Å². The number of hydrazone groups is 1. The van der Waals surface area contributed by atoms with E-state index in [2.05, 4.69) is 5.10 Å². The molecule has 0 aromatic carbocycles. The van der Waals surface area contributed by atoms with Crippen LogP contribution in [0.25, 0.3) is 0 Å². The molecule has 0 spiro atoms. The summed E-state index contributed by atoms with van der Waals surface area (Å²) in [6.07, 6.45) is 2.10. The fourth-order valence-electron chi connectivity index (χ4n) is 3.14. The lowest BCUT2D eigenvalue weighted by atomic mass is 10.1. The molecule has 0 fully saturated rings. The van der Waals surface area contributed by atoms with E-state index >= 15 is 0 Å². The van der Waals surface area contributed by atoms with Crippen LogP contribution in [0.1, 0.15) is 45.0 Å². The molecule has 1 atom stereocenters. The third-order valence-corrected chi connectivity index (χ3v) is 5.35. The summed E-state index contributed by atoms with van der Waals surface area (Å²) in [5.74, 6) is 0.690.